The van der Waals surface area contributed by atoms with Gasteiger partial charge in [-0.25, -0.2) is 0 Å². The fraction of sp³-hybridized carbons (Fsp3) is 0.500. The lowest BCUT2D eigenvalue weighted by Crippen LogP contribution is -2.37. The number of carbonyl (C=O) groups excluding carboxylic acids is 1. The van der Waals surface area contributed by atoms with Crippen LogP contribution >= 0.6 is 23.2 Å². The second-order valence-electron chi connectivity index (χ2n) is 5.51. The van der Waals surface area contributed by atoms with Crippen LogP contribution < -0.4 is 5.73 Å². The Bertz CT molecular complexity index is 564. The zero-order chi connectivity index (χ0) is 14.4. The molecule has 6 heteroatoms. The van der Waals surface area contributed by atoms with Crippen LogP contribution in [0, 0.1) is 5.92 Å². The lowest BCUT2D eigenvalue weighted by Gasteiger charge is -2.24. The third kappa shape index (κ3) is 1.98. The van der Waals surface area contributed by atoms with Crippen LogP contribution in [-0.2, 0) is 0 Å². The summed E-state index contributed by atoms with van der Waals surface area (Å²) in [5.41, 5.74) is 6.42. The van der Waals surface area contributed by atoms with Gasteiger partial charge in [-0.3, -0.25) is 4.79 Å². The van der Waals surface area contributed by atoms with Gasteiger partial charge in [0.05, 0.1) is 21.3 Å². The van der Waals surface area contributed by atoms with E-state index in [0.29, 0.717) is 10.6 Å². The van der Waals surface area contributed by atoms with Crippen molar-refractivity contribution in [2.24, 2.45) is 5.92 Å². The van der Waals surface area contributed by atoms with Crippen molar-refractivity contribution in [1.29, 1.82) is 0 Å². The number of nitrogen functional groups attached to an aromatic ring is 1. The molecule has 3 atom stereocenters. The van der Waals surface area contributed by atoms with Crippen LogP contribution in [0.1, 0.15) is 29.6 Å². The fourth-order valence-corrected chi connectivity index (χ4v) is 3.95. The van der Waals surface area contributed by atoms with Gasteiger partial charge in [-0.15, -0.1) is 0 Å². The molecule has 0 spiro atoms. The SMILES string of the molecule is Nc1c(Cl)ccc(C(=O)N2C3CCC2C(CO)C3)c1Cl. The average Bonchev–Trinajstić information content (AvgIpc) is 3.01. The predicted octanol–water partition coefficient (Wildman–Crippen LogP) is 2.56. The third-order valence-corrected chi connectivity index (χ3v) is 5.23. The normalized spacial score (nSPS) is 28.1. The molecule has 108 valence electrons. The Morgan fingerprint density at radius 3 is 2.80 bits per heavy atom. The zero-order valence-electron chi connectivity index (χ0n) is 10.9. The minimum absolute atomic E-state index is 0.109. The molecule has 0 aromatic heterocycles. The summed E-state index contributed by atoms with van der Waals surface area (Å²) in [5, 5.41) is 9.96. The summed E-state index contributed by atoms with van der Waals surface area (Å²) in [7, 11) is 0. The number of nitrogens with zero attached hydrogens (tertiary/aromatic N) is 1. The van der Waals surface area contributed by atoms with Crippen LogP contribution in [0.4, 0.5) is 5.69 Å². The smallest absolute Gasteiger partial charge is 0.255 e. The summed E-state index contributed by atoms with van der Waals surface area (Å²) >= 11 is 12.0. The van der Waals surface area contributed by atoms with Gasteiger partial charge in [0.1, 0.15) is 0 Å². The van der Waals surface area contributed by atoms with Crippen LogP contribution in [0.5, 0.6) is 0 Å². The van der Waals surface area contributed by atoms with Crippen molar-refractivity contribution in [1.82, 2.24) is 4.90 Å². The number of hydrogen-bond acceptors (Lipinski definition) is 3. The maximum absolute atomic E-state index is 12.7. The number of aliphatic hydroxyl groups excluding tert-OH is 1. The molecule has 3 rings (SSSR count). The van der Waals surface area contributed by atoms with Crippen molar-refractivity contribution < 1.29 is 9.90 Å². The highest BCUT2D eigenvalue weighted by molar-refractivity contribution is 6.40. The summed E-state index contributed by atoms with van der Waals surface area (Å²) in [6.07, 6.45) is 2.81. The van der Waals surface area contributed by atoms with Crippen LogP contribution in [0.3, 0.4) is 0 Å². The van der Waals surface area contributed by atoms with Gasteiger partial charge in [0.15, 0.2) is 0 Å². The number of hydrogen-bond donors (Lipinski definition) is 2. The van der Waals surface area contributed by atoms with Crippen LogP contribution in [0.2, 0.25) is 10.0 Å². The highest BCUT2D eigenvalue weighted by atomic mass is 35.5. The molecule has 3 N–H and O–H groups in total. The maximum Gasteiger partial charge on any atom is 0.255 e. The molecule has 1 aromatic rings. The zero-order valence-corrected chi connectivity index (χ0v) is 12.4. The maximum atomic E-state index is 12.7. The van der Waals surface area contributed by atoms with Crippen molar-refractivity contribution in [2.45, 2.75) is 31.3 Å². The summed E-state index contributed by atoms with van der Waals surface area (Å²) in [5.74, 6) is 0.0722. The lowest BCUT2D eigenvalue weighted by molar-refractivity contribution is 0.0708. The van der Waals surface area contributed by atoms with Crippen molar-refractivity contribution >= 4 is 34.8 Å². The predicted molar refractivity (Wildman–Crippen MR) is 79.0 cm³/mol. The third-order valence-electron chi connectivity index (χ3n) is 4.49. The Morgan fingerprint density at radius 2 is 2.15 bits per heavy atom. The van der Waals surface area contributed by atoms with E-state index < -0.39 is 0 Å². The van der Waals surface area contributed by atoms with Gasteiger partial charge >= 0.3 is 0 Å². The molecule has 1 aromatic carbocycles. The molecule has 1 amide bonds. The van der Waals surface area contributed by atoms with Gasteiger partial charge in [-0.1, -0.05) is 23.2 Å². The van der Waals surface area contributed by atoms with Gasteiger partial charge in [0.2, 0.25) is 0 Å². The number of carbonyl (C=O) groups is 1. The number of anilines is 1. The fourth-order valence-electron chi connectivity index (χ4n) is 3.50. The summed E-state index contributed by atoms with van der Waals surface area (Å²) in [6, 6.07) is 3.54. The first-order valence-corrected chi connectivity index (χ1v) is 7.47. The Balaban J connectivity index is 1.93. The molecule has 2 fully saturated rings. The standard InChI is InChI=1S/C14H16Cl2N2O2/c15-10-3-2-9(12(16)13(10)17)14(20)18-8-1-4-11(18)7(5-8)6-19/h2-3,7-8,11,19H,1,4-6,17H2. The van der Waals surface area contributed by atoms with Crippen LogP contribution in [0.25, 0.3) is 0 Å². The van der Waals surface area contributed by atoms with E-state index in [1.165, 1.54) is 0 Å². The molecular weight excluding hydrogens is 299 g/mol. The van der Waals surface area contributed by atoms with Crippen LogP contribution in [0.15, 0.2) is 12.1 Å². The lowest BCUT2D eigenvalue weighted by atomic mass is 9.90. The molecule has 4 nitrogen and oxygen atoms in total. The first-order valence-electron chi connectivity index (χ1n) is 6.71. The monoisotopic (exact) mass is 314 g/mol. The topological polar surface area (TPSA) is 66.6 Å². The Hall–Kier alpha value is -0.970. The van der Waals surface area contributed by atoms with Crippen molar-refractivity contribution in [2.75, 3.05) is 12.3 Å². The van der Waals surface area contributed by atoms with Crippen molar-refractivity contribution in [3.8, 4) is 0 Å². The van der Waals surface area contributed by atoms with Crippen molar-refractivity contribution in [3.63, 3.8) is 0 Å². The molecule has 20 heavy (non-hydrogen) atoms. The van der Waals surface area contributed by atoms with E-state index in [0.717, 1.165) is 19.3 Å². The first-order chi connectivity index (χ1) is 9.54. The highest BCUT2D eigenvalue weighted by Crippen LogP contribution is 2.43. The summed E-state index contributed by atoms with van der Waals surface area (Å²) in [6.45, 7) is 0.126. The number of fused-ring (bicyclic) bond motifs is 2. The van der Waals surface area contributed by atoms with Gasteiger partial charge in [-0.2, -0.15) is 0 Å². The highest BCUT2D eigenvalue weighted by Gasteiger charge is 2.48. The molecule has 3 unspecified atom stereocenters. The van der Waals surface area contributed by atoms with Gasteiger partial charge in [-0.05, 0) is 31.4 Å². The quantitative estimate of drug-likeness (QED) is 0.824. The van der Waals surface area contributed by atoms with Gasteiger partial charge in [0, 0.05) is 24.6 Å². The Morgan fingerprint density at radius 1 is 1.40 bits per heavy atom. The first kappa shape index (κ1) is 14.0. The van der Waals surface area contributed by atoms with Gasteiger partial charge < -0.3 is 15.7 Å². The molecule has 2 aliphatic rings. The molecule has 0 aliphatic carbocycles. The Labute approximate surface area is 127 Å². The van der Waals surface area contributed by atoms with E-state index in [1.807, 2.05) is 4.90 Å². The second kappa shape index (κ2) is 5.10. The molecule has 2 aliphatic heterocycles. The van der Waals surface area contributed by atoms with E-state index >= 15 is 0 Å². The molecule has 2 saturated heterocycles. The number of amides is 1. The van der Waals surface area contributed by atoms with Crippen molar-refractivity contribution in [3.05, 3.63) is 27.7 Å². The number of nitrogens with two attached hydrogens (primary N) is 1. The molecule has 2 bridgehead atoms. The van der Waals surface area contributed by atoms with Gasteiger partial charge in [0.25, 0.3) is 5.91 Å². The Kier molecular flexibility index (Phi) is 3.56. The number of aliphatic hydroxyl groups is 1. The average molecular weight is 315 g/mol. The van der Waals surface area contributed by atoms with E-state index in [2.05, 4.69) is 0 Å². The summed E-state index contributed by atoms with van der Waals surface area (Å²) in [4.78, 5) is 14.6. The molecule has 0 saturated carbocycles. The van der Waals surface area contributed by atoms with Crippen LogP contribution in [-0.4, -0.2) is 34.6 Å². The summed E-state index contributed by atoms with van der Waals surface area (Å²) < 4.78 is 0. The van der Waals surface area contributed by atoms with E-state index in [4.69, 9.17) is 28.9 Å². The molecule has 2 heterocycles. The number of benzene rings is 1. The minimum atomic E-state index is -0.109. The second-order valence-corrected chi connectivity index (χ2v) is 6.30. The molecular formula is C14H16Cl2N2O2. The van der Waals surface area contributed by atoms with E-state index in [9.17, 15) is 9.90 Å². The number of halogens is 2. The van der Waals surface area contributed by atoms with E-state index in [-0.39, 0.29) is 41.2 Å². The minimum Gasteiger partial charge on any atom is -0.396 e. The number of rotatable bonds is 2. The molecule has 0 radical (unpaired) electrons. The van der Waals surface area contributed by atoms with E-state index in [1.54, 1.807) is 12.1 Å². The largest absolute Gasteiger partial charge is 0.396 e.